The fourth-order valence-electron chi connectivity index (χ4n) is 1.57. The average Bonchev–Trinajstić information content (AvgIpc) is 2.17. The summed E-state index contributed by atoms with van der Waals surface area (Å²) in [6, 6.07) is 3.07. The maximum Gasteiger partial charge on any atom is 0.418 e. The molecule has 84 valence electrons. The third-order valence-corrected chi connectivity index (χ3v) is 2.33. The van der Waals surface area contributed by atoms with Gasteiger partial charge in [0.2, 0.25) is 0 Å². The van der Waals surface area contributed by atoms with Crippen LogP contribution in [0.5, 0.6) is 0 Å². The van der Waals surface area contributed by atoms with Gasteiger partial charge in [-0.05, 0) is 30.7 Å². The van der Waals surface area contributed by atoms with Crippen LogP contribution >= 0.6 is 0 Å². The fourth-order valence-corrected chi connectivity index (χ4v) is 1.57. The van der Waals surface area contributed by atoms with Gasteiger partial charge >= 0.3 is 6.18 Å². The van der Waals surface area contributed by atoms with Gasteiger partial charge in [0, 0.05) is 11.6 Å². The molecule has 1 aromatic heterocycles. The van der Waals surface area contributed by atoms with Crippen molar-refractivity contribution in [2.45, 2.75) is 13.1 Å². The van der Waals surface area contributed by atoms with Crippen LogP contribution in [0.4, 0.5) is 17.6 Å². The quantitative estimate of drug-likeness (QED) is 0.627. The van der Waals surface area contributed by atoms with E-state index < -0.39 is 17.6 Å². The second-order valence-electron chi connectivity index (χ2n) is 3.48. The Bertz CT molecular complexity index is 545. The van der Waals surface area contributed by atoms with Crippen LogP contribution in [0.25, 0.3) is 10.9 Å². The molecule has 0 fully saturated rings. The predicted molar refractivity (Wildman–Crippen MR) is 51.4 cm³/mol. The van der Waals surface area contributed by atoms with Crippen LogP contribution in [-0.4, -0.2) is 4.98 Å². The zero-order valence-corrected chi connectivity index (χ0v) is 8.27. The summed E-state index contributed by atoms with van der Waals surface area (Å²) in [6.45, 7) is 1.61. The monoisotopic (exact) mass is 229 g/mol. The van der Waals surface area contributed by atoms with Gasteiger partial charge in [0.1, 0.15) is 5.82 Å². The number of aromatic nitrogens is 1. The van der Waals surface area contributed by atoms with Crippen molar-refractivity contribution in [1.29, 1.82) is 0 Å². The number of fused-ring (bicyclic) bond motifs is 1. The summed E-state index contributed by atoms with van der Waals surface area (Å²) in [6.07, 6.45) is -3.31. The minimum Gasteiger partial charge on any atom is -0.256 e. The van der Waals surface area contributed by atoms with Crippen molar-refractivity contribution >= 4 is 10.9 Å². The molecule has 0 atom stereocenters. The molecule has 0 unspecified atom stereocenters. The Morgan fingerprint density at radius 3 is 2.50 bits per heavy atom. The van der Waals surface area contributed by atoms with Crippen LogP contribution < -0.4 is 0 Å². The highest BCUT2D eigenvalue weighted by Gasteiger charge is 2.34. The third-order valence-electron chi connectivity index (χ3n) is 2.33. The molecule has 1 aromatic carbocycles. The van der Waals surface area contributed by atoms with Crippen LogP contribution in [-0.2, 0) is 6.18 Å². The molecular formula is C11H7F4N. The Morgan fingerprint density at radius 1 is 1.19 bits per heavy atom. The van der Waals surface area contributed by atoms with E-state index in [1.165, 1.54) is 6.20 Å². The van der Waals surface area contributed by atoms with Gasteiger partial charge in [0.25, 0.3) is 0 Å². The van der Waals surface area contributed by atoms with Crippen molar-refractivity contribution in [3.63, 3.8) is 0 Å². The standard InChI is InChI=1S/C11H7F4N/c1-6-2-3-16-10-8(6)4-7(12)5-9(10)11(13,14)15/h2-5H,1H3. The molecule has 5 heteroatoms. The Hall–Kier alpha value is -1.65. The topological polar surface area (TPSA) is 12.9 Å². The Balaban J connectivity index is 2.89. The number of hydrogen-bond donors (Lipinski definition) is 0. The molecule has 0 radical (unpaired) electrons. The van der Waals surface area contributed by atoms with Gasteiger partial charge < -0.3 is 0 Å². The van der Waals surface area contributed by atoms with E-state index in [9.17, 15) is 17.6 Å². The van der Waals surface area contributed by atoms with Crippen molar-refractivity contribution < 1.29 is 17.6 Å². The first-order chi connectivity index (χ1) is 7.39. The van der Waals surface area contributed by atoms with Gasteiger partial charge in [-0.2, -0.15) is 13.2 Å². The van der Waals surface area contributed by atoms with Crippen molar-refractivity contribution in [1.82, 2.24) is 4.98 Å². The molecule has 0 N–H and O–H groups in total. The summed E-state index contributed by atoms with van der Waals surface area (Å²) in [5.74, 6) is -0.907. The predicted octanol–water partition coefficient (Wildman–Crippen LogP) is 3.70. The minimum atomic E-state index is -4.60. The van der Waals surface area contributed by atoms with Crippen LogP contribution in [0, 0.1) is 12.7 Å². The molecular weight excluding hydrogens is 222 g/mol. The molecule has 0 aliphatic heterocycles. The molecule has 1 heterocycles. The lowest BCUT2D eigenvalue weighted by atomic mass is 10.1. The first-order valence-corrected chi connectivity index (χ1v) is 4.51. The minimum absolute atomic E-state index is 0.190. The number of rotatable bonds is 0. The number of alkyl halides is 3. The number of nitrogens with zero attached hydrogens (tertiary/aromatic N) is 1. The van der Waals surface area contributed by atoms with Gasteiger partial charge in [-0.25, -0.2) is 4.39 Å². The van der Waals surface area contributed by atoms with Gasteiger partial charge in [-0.1, -0.05) is 0 Å². The van der Waals surface area contributed by atoms with Crippen LogP contribution in [0.15, 0.2) is 24.4 Å². The molecule has 0 bridgehead atoms. The Kier molecular flexibility index (Phi) is 2.33. The highest BCUT2D eigenvalue weighted by atomic mass is 19.4. The van der Waals surface area contributed by atoms with Gasteiger partial charge in [0.05, 0.1) is 11.1 Å². The average molecular weight is 229 g/mol. The highest BCUT2D eigenvalue weighted by Crippen LogP contribution is 2.35. The van der Waals surface area contributed by atoms with Crippen molar-refractivity contribution in [2.75, 3.05) is 0 Å². The summed E-state index contributed by atoms with van der Waals surface area (Å²) in [7, 11) is 0. The molecule has 0 saturated carbocycles. The first-order valence-electron chi connectivity index (χ1n) is 4.51. The van der Waals surface area contributed by atoms with E-state index >= 15 is 0 Å². The summed E-state index contributed by atoms with van der Waals surface area (Å²) < 4.78 is 50.9. The van der Waals surface area contributed by atoms with E-state index in [-0.39, 0.29) is 10.9 Å². The lowest BCUT2D eigenvalue weighted by Crippen LogP contribution is -2.07. The van der Waals surface area contributed by atoms with Crippen LogP contribution in [0.1, 0.15) is 11.1 Å². The van der Waals surface area contributed by atoms with Gasteiger partial charge in [-0.15, -0.1) is 0 Å². The SMILES string of the molecule is Cc1ccnc2c(C(F)(F)F)cc(F)cc12. The van der Waals surface area contributed by atoms with E-state index in [4.69, 9.17) is 0 Å². The Morgan fingerprint density at radius 2 is 1.88 bits per heavy atom. The van der Waals surface area contributed by atoms with E-state index in [2.05, 4.69) is 4.98 Å². The van der Waals surface area contributed by atoms with E-state index in [0.29, 0.717) is 11.6 Å². The molecule has 0 aliphatic rings. The van der Waals surface area contributed by atoms with E-state index in [1.807, 2.05) is 0 Å². The largest absolute Gasteiger partial charge is 0.418 e. The van der Waals surface area contributed by atoms with Gasteiger partial charge in [0.15, 0.2) is 0 Å². The summed E-state index contributed by atoms with van der Waals surface area (Å²) >= 11 is 0. The lowest BCUT2D eigenvalue weighted by molar-refractivity contribution is -0.136. The van der Waals surface area contributed by atoms with E-state index in [0.717, 1.165) is 6.07 Å². The first kappa shape index (κ1) is 10.9. The van der Waals surface area contributed by atoms with Crippen molar-refractivity contribution in [3.05, 3.63) is 41.3 Å². The highest BCUT2D eigenvalue weighted by molar-refractivity contribution is 5.85. The number of pyridine rings is 1. The molecule has 0 amide bonds. The number of aryl methyl sites for hydroxylation is 1. The zero-order valence-electron chi connectivity index (χ0n) is 8.27. The smallest absolute Gasteiger partial charge is 0.256 e. The summed E-state index contributed by atoms with van der Waals surface area (Å²) in [5.41, 5.74) is -0.685. The molecule has 0 aliphatic carbocycles. The lowest BCUT2D eigenvalue weighted by Gasteiger charge is -2.10. The number of hydrogen-bond acceptors (Lipinski definition) is 1. The molecule has 0 saturated heterocycles. The molecule has 2 rings (SSSR count). The summed E-state index contributed by atoms with van der Waals surface area (Å²) in [5, 5.41) is 0.190. The van der Waals surface area contributed by atoms with Crippen LogP contribution in [0.2, 0.25) is 0 Å². The fraction of sp³-hybridized carbons (Fsp3) is 0.182. The normalized spacial score (nSPS) is 12.1. The second kappa shape index (κ2) is 3.43. The van der Waals surface area contributed by atoms with Crippen molar-refractivity contribution in [3.8, 4) is 0 Å². The maximum absolute atomic E-state index is 13.1. The maximum atomic E-state index is 13.1. The number of benzene rings is 1. The van der Waals surface area contributed by atoms with Crippen LogP contribution in [0.3, 0.4) is 0 Å². The second-order valence-corrected chi connectivity index (χ2v) is 3.48. The van der Waals surface area contributed by atoms with Crippen molar-refractivity contribution in [2.24, 2.45) is 0 Å². The molecule has 0 spiro atoms. The summed E-state index contributed by atoms with van der Waals surface area (Å²) in [4.78, 5) is 3.66. The van der Waals surface area contributed by atoms with E-state index in [1.54, 1.807) is 13.0 Å². The molecule has 16 heavy (non-hydrogen) atoms. The zero-order chi connectivity index (χ0) is 11.9. The molecule has 2 aromatic rings. The Labute approximate surface area is 88.7 Å². The number of halogens is 4. The third kappa shape index (κ3) is 1.73. The van der Waals surface area contributed by atoms with Gasteiger partial charge in [-0.3, -0.25) is 4.98 Å². The molecule has 1 nitrogen and oxygen atoms in total.